The standard InChI is InChI=1S/C9H6Cl2N4/c1-5-12-14-9(15-13-5)7-3-2-6(10)4-8(7)11/h2-4H,1H3. The summed E-state index contributed by atoms with van der Waals surface area (Å²) >= 11 is 11.8. The first-order valence-corrected chi connectivity index (χ1v) is 4.92. The molecule has 0 aliphatic carbocycles. The van der Waals surface area contributed by atoms with E-state index < -0.39 is 0 Å². The SMILES string of the molecule is Cc1nnc(-c2ccc(Cl)cc2Cl)nn1. The van der Waals surface area contributed by atoms with Crippen LogP contribution in [0, 0.1) is 6.92 Å². The van der Waals surface area contributed by atoms with E-state index in [1.165, 1.54) is 0 Å². The molecule has 0 N–H and O–H groups in total. The normalized spacial score (nSPS) is 10.3. The molecule has 0 radical (unpaired) electrons. The molecule has 1 aromatic heterocycles. The number of aromatic nitrogens is 4. The molecule has 0 amide bonds. The maximum Gasteiger partial charge on any atom is 0.205 e. The lowest BCUT2D eigenvalue weighted by Gasteiger charge is -2.01. The van der Waals surface area contributed by atoms with Crippen molar-refractivity contribution in [1.29, 1.82) is 0 Å². The molecular formula is C9H6Cl2N4. The Morgan fingerprint density at radius 3 is 2.27 bits per heavy atom. The Hall–Kier alpha value is -1.26. The van der Waals surface area contributed by atoms with Crippen molar-refractivity contribution in [2.75, 3.05) is 0 Å². The van der Waals surface area contributed by atoms with Crippen molar-refractivity contribution in [3.8, 4) is 11.4 Å². The van der Waals surface area contributed by atoms with Gasteiger partial charge in [0.2, 0.25) is 5.82 Å². The van der Waals surface area contributed by atoms with E-state index in [0.717, 1.165) is 0 Å². The molecule has 6 heteroatoms. The van der Waals surface area contributed by atoms with Crippen LogP contribution in [-0.4, -0.2) is 20.4 Å². The first-order chi connectivity index (χ1) is 7.16. The third kappa shape index (κ3) is 2.22. The summed E-state index contributed by atoms with van der Waals surface area (Å²) in [6.45, 7) is 1.72. The number of halogens is 2. The molecule has 0 aliphatic heterocycles. The molecule has 0 aliphatic rings. The molecule has 0 unspecified atom stereocenters. The molecule has 2 rings (SSSR count). The predicted octanol–water partition coefficient (Wildman–Crippen LogP) is 2.55. The van der Waals surface area contributed by atoms with Crippen LogP contribution in [0.4, 0.5) is 0 Å². The van der Waals surface area contributed by atoms with Crippen molar-refractivity contribution >= 4 is 23.2 Å². The lowest BCUT2D eigenvalue weighted by Crippen LogP contribution is -1.98. The molecule has 0 atom stereocenters. The summed E-state index contributed by atoms with van der Waals surface area (Å²) in [5, 5.41) is 16.4. The zero-order valence-electron chi connectivity index (χ0n) is 7.78. The Labute approximate surface area is 96.3 Å². The highest BCUT2D eigenvalue weighted by atomic mass is 35.5. The van der Waals surface area contributed by atoms with E-state index >= 15 is 0 Å². The minimum Gasteiger partial charge on any atom is -0.131 e. The van der Waals surface area contributed by atoms with Crippen LogP contribution in [0.5, 0.6) is 0 Å². The Bertz CT molecular complexity index is 484. The van der Waals surface area contributed by atoms with Gasteiger partial charge in [0.05, 0.1) is 5.02 Å². The Kier molecular flexibility index (Phi) is 2.79. The van der Waals surface area contributed by atoms with Gasteiger partial charge < -0.3 is 0 Å². The maximum atomic E-state index is 5.98. The highest BCUT2D eigenvalue weighted by Crippen LogP contribution is 2.27. The van der Waals surface area contributed by atoms with Gasteiger partial charge >= 0.3 is 0 Å². The first kappa shape index (κ1) is 10.3. The highest BCUT2D eigenvalue weighted by molar-refractivity contribution is 6.36. The van der Waals surface area contributed by atoms with E-state index in [4.69, 9.17) is 23.2 Å². The molecule has 0 saturated heterocycles. The van der Waals surface area contributed by atoms with Gasteiger partial charge in [-0.15, -0.1) is 20.4 Å². The topological polar surface area (TPSA) is 51.6 Å². The van der Waals surface area contributed by atoms with E-state index in [1.807, 2.05) is 0 Å². The first-order valence-electron chi connectivity index (χ1n) is 4.16. The molecule has 4 nitrogen and oxygen atoms in total. The van der Waals surface area contributed by atoms with Crippen LogP contribution in [0.1, 0.15) is 5.82 Å². The predicted molar refractivity (Wildman–Crippen MR) is 57.8 cm³/mol. The van der Waals surface area contributed by atoms with Crippen molar-refractivity contribution < 1.29 is 0 Å². The van der Waals surface area contributed by atoms with Crippen LogP contribution in [0.3, 0.4) is 0 Å². The van der Waals surface area contributed by atoms with E-state index in [2.05, 4.69) is 20.4 Å². The molecule has 0 spiro atoms. The number of aryl methyl sites for hydroxylation is 1. The van der Waals surface area contributed by atoms with Crippen molar-refractivity contribution in [3.63, 3.8) is 0 Å². The second-order valence-electron chi connectivity index (χ2n) is 2.89. The third-order valence-electron chi connectivity index (χ3n) is 1.75. The van der Waals surface area contributed by atoms with Crippen LogP contribution in [0.25, 0.3) is 11.4 Å². The van der Waals surface area contributed by atoms with Gasteiger partial charge in [-0.2, -0.15) is 0 Å². The van der Waals surface area contributed by atoms with Crippen molar-refractivity contribution in [1.82, 2.24) is 20.4 Å². The van der Waals surface area contributed by atoms with Gasteiger partial charge in [0.1, 0.15) is 0 Å². The highest BCUT2D eigenvalue weighted by Gasteiger charge is 2.07. The second kappa shape index (κ2) is 4.08. The smallest absolute Gasteiger partial charge is 0.131 e. The van der Waals surface area contributed by atoms with E-state index in [9.17, 15) is 0 Å². The number of hydrogen-bond acceptors (Lipinski definition) is 4. The summed E-state index contributed by atoms with van der Waals surface area (Å²) in [6, 6.07) is 5.08. The van der Waals surface area contributed by atoms with Crippen LogP contribution < -0.4 is 0 Å². The van der Waals surface area contributed by atoms with Gasteiger partial charge in [-0.1, -0.05) is 23.2 Å². The van der Waals surface area contributed by atoms with Crippen molar-refractivity contribution in [2.45, 2.75) is 6.92 Å². The molecule has 1 heterocycles. The Balaban J connectivity index is 2.49. The summed E-state index contributed by atoms with van der Waals surface area (Å²) in [5.41, 5.74) is 0.668. The molecule has 0 bridgehead atoms. The fourth-order valence-corrected chi connectivity index (χ4v) is 1.55. The largest absolute Gasteiger partial charge is 0.205 e. The minimum absolute atomic E-state index is 0.391. The average Bonchev–Trinajstić information content (AvgIpc) is 2.20. The average molecular weight is 241 g/mol. The van der Waals surface area contributed by atoms with E-state index in [0.29, 0.717) is 27.3 Å². The maximum absolute atomic E-state index is 5.98. The number of rotatable bonds is 1. The monoisotopic (exact) mass is 240 g/mol. The quantitative estimate of drug-likeness (QED) is 0.769. The van der Waals surface area contributed by atoms with Gasteiger partial charge in [0.25, 0.3) is 0 Å². The lowest BCUT2D eigenvalue weighted by atomic mass is 10.2. The zero-order valence-corrected chi connectivity index (χ0v) is 9.29. The minimum atomic E-state index is 0.391. The van der Waals surface area contributed by atoms with E-state index in [1.54, 1.807) is 25.1 Å². The van der Waals surface area contributed by atoms with Crippen molar-refractivity contribution in [2.24, 2.45) is 0 Å². The van der Waals surface area contributed by atoms with Crippen LogP contribution >= 0.6 is 23.2 Å². The molecule has 76 valence electrons. The van der Waals surface area contributed by atoms with Gasteiger partial charge in [0, 0.05) is 10.6 Å². The van der Waals surface area contributed by atoms with Crippen LogP contribution in [-0.2, 0) is 0 Å². The summed E-state index contributed by atoms with van der Waals surface area (Å²) in [5.74, 6) is 0.908. The molecule has 15 heavy (non-hydrogen) atoms. The summed E-state index contributed by atoms with van der Waals surface area (Å²) in [7, 11) is 0. The molecular weight excluding hydrogens is 235 g/mol. The Morgan fingerprint density at radius 1 is 1.00 bits per heavy atom. The van der Waals surface area contributed by atoms with Gasteiger partial charge in [0.15, 0.2) is 5.82 Å². The van der Waals surface area contributed by atoms with Gasteiger partial charge in [-0.25, -0.2) is 0 Å². The summed E-state index contributed by atoms with van der Waals surface area (Å²) in [4.78, 5) is 0. The van der Waals surface area contributed by atoms with Gasteiger partial charge in [-0.3, -0.25) is 0 Å². The van der Waals surface area contributed by atoms with Crippen LogP contribution in [0.2, 0.25) is 10.0 Å². The lowest BCUT2D eigenvalue weighted by molar-refractivity contribution is 0.816. The number of benzene rings is 1. The second-order valence-corrected chi connectivity index (χ2v) is 3.74. The fourth-order valence-electron chi connectivity index (χ4n) is 1.06. The number of hydrogen-bond donors (Lipinski definition) is 0. The summed E-state index contributed by atoms with van der Waals surface area (Å²) in [6.07, 6.45) is 0. The third-order valence-corrected chi connectivity index (χ3v) is 2.30. The number of nitrogens with zero attached hydrogens (tertiary/aromatic N) is 4. The summed E-state index contributed by atoms with van der Waals surface area (Å²) < 4.78 is 0. The molecule has 0 fully saturated rings. The fraction of sp³-hybridized carbons (Fsp3) is 0.111. The zero-order chi connectivity index (χ0) is 10.8. The van der Waals surface area contributed by atoms with Gasteiger partial charge in [-0.05, 0) is 25.1 Å². The molecule has 2 aromatic rings. The molecule has 0 saturated carbocycles. The Morgan fingerprint density at radius 2 is 1.67 bits per heavy atom. The van der Waals surface area contributed by atoms with Crippen molar-refractivity contribution in [3.05, 3.63) is 34.1 Å². The van der Waals surface area contributed by atoms with E-state index in [-0.39, 0.29) is 0 Å². The van der Waals surface area contributed by atoms with Crippen LogP contribution in [0.15, 0.2) is 18.2 Å². The molecule has 1 aromatic carbocycles.